The van der Waals surface area contributed by atoms with Crippen LogP contribution in [0.2, 0.25) is 5.82 Å². The molecule has 3 heteroatoms. The number of benzene rings is 2. The highest BCUT2D eigenvalue weighted by Crippen LogP contribution is 2.41. The molecule has 1 unspecified atom stereocenters. The molecule has 1 atom stereocenters. The van der Waals surface area contributed by atoms with Crippen molar-refractivity contribution in [2.75, 3.05) is 0 Å². The van der Waals surface area contributed by atoms with Crippen molar-refractivity contribution < 1.29 is 9.31 Å². The molecule has 0 saturated carbocycles. The monoisotopic (exact) mass is 376 g/mol. The Hall–Kier alpha value is -1.84. The van der Waals surface area contributed by atoms with Crippen LogP contribution < -0.4 is 0 Å². The van der Waals surface area contributed by atoms with Gasteiger partial charge in [-0.2, -0.15) is 0 Å². The van der Waals surface area contributed by atoms with Crippen molar-refractivity contribution in [3.05, 3.63) is 83.9 Å². The summed E-state index contributed by atoms with van der Waals surface area (Å²) in [7, 11) is -0.212. The van der Waals surface area contributed by atoms with Crippen LogP contribution >= 0.6 is 0 Å². The lowest BCUT2D eigenvalue weighted by molar-refractivity contribution is 0.00578. The molecule has 1 aliphatic heterocycles. The summed E-state index contributed by atoms with van der Waals surface area (Å²) in [5.41, 5.74) is 2.13. The first-order valence-corrected chi connectivity index (χ1v) is 10.5. The fourth-order valence-corrected chi connectivity index (χ4v) is 3.54. The third kappa shape index (κ3) is 5.36. The van der Waals surface area contributed by atoms with Crippen molar-refractivity contribution in [1.29, 1.82) is 0 Å². The zero-order valence-corrected chi connectivity index (χ0v) is 17.7. The fourth-order valence-electron chi connectivity index (χ4n) is 3.54. The minimum absolute atomic E-state index is 0.208. The molecule has 148 valence electrons. The maximum atomic E-state index is 6.35. The van der Waals surface area contributed by atoms with Crippen LogP contribution in [0.25, 0.3) is 0 Å². The number of aryl methyl sites for hydroxylation is 1. The summed E-state index contributed by atoms with van der Waals surface area (Å²) in [5.74, 6) is 0.208. The molecule has 0 radical (unpaired) electrons. The number of unbranched alkanes of at least 4 members (excludes halogenated alkanes) is 1. The van der Waals surface area contributed by atoms with Gasteiger partial charge in [-0.15, -0.1) is 0 Å². The van der Waals surface area contributed by atoms with E-state index in [9.17, 15) is 0 Å². The second-order valence-corrected chi connectivity index (χ2v) is 8.78. The zero-order chi connectivity index (χ0) is 20.0. The van der Waals surface area contributed by atoms with Gasteiger partial charge < -0.3 is 9.31 Å². The van der Waals surface area contributed by atoms with Crippen LogP contribution in [0.5, 0.6) is 0 Å². The largest absolute Gasteiger partial charge is 0.465 e. The number of hydrogen-bond donors (Lipinski definition) is 0. The quantitative estimate of drug-likeness (QED) is 0.307. The molecule has 1 heterocycles. The molecule has 1 saturated heterocycles. The van der Waals surface area contributed by atoms with E-state index >= 15 is 0 Å². The Morgan fingerprint density at radius 1 is 0.821 bits per heavy atom. The van der Waals surface area contributed by atoms with Crippen molar-refractivity contribution in [2.24, 2.45) is 0 Å². The first-order chi connectivity index (χ1) is 13.4. The van der Waals surface area contributed by atoms with Gasteiger partial charge in [-0.25, -0.2) is 0 Å². The van der Waals surface area contributed by atoms with E-state index in [4.69, 9.17) is 9.31 Å². The summed E-state index contributed by atoms with van der Waals surface area (Å²) in [6.07, 6.45) is 8.88. The van der Waals surface area contributed by atoms with Gasteiger partial charge in [-0.05, 0) is 64.5 Å². The minimum Gasteiger partial charge on any atom is -0.403 e. The van der Waals surface area contributed by atoms with Crippen molar-refractivity contribution in [3.8, 4) is 0 Å². The van der Waals surface area contributed by atoms with Crippen LogP contribution in [0.15, 0.2) is 72.8 Å². The Bertz CT molecular complexity index is 737. The van der Waals surface area contributed by atoms with E-state index in [1.54, 1.807) is 0 Å². The number of hydrogen-bond acceptors (Lipinski definition) is 2. The highest BCUT2D eigenvalue weighted by molar-refractivity contribution is 6.48. The predicted molar refractivity (Wildman–Crippen MR) is 118 cm³/mol. The SMILES string of the molecule is CC1(C)OB(C(/C=C/CCCc2ccccc2)Cc2ccccc2)OC1(C)C. The average molecular weight is 376 g/mol. The molecule has 0 aromatic heterocycles. The van der Waals surface area contributed by atoms with Gasteiger partial charge in [-0.1, -0.05) is 72.8 Å². The fraction of sp³-hybridized carbons (Fsp3) is 0.440. The molecule has 1 aliphatic rings. The van der Waals surface area contributed by atoms with Crippen molar-refractivity contribution in [3.63, 3.8) is 0 Å². The van der Waals surface area contributed by atoms with Crippen LogP contribution in [0, 0.1) is 0 Å². The van der Waals surface area contributed by atoms with E-state index in [-0.39, 0.29) is 24.1 Å². The summed E-state index contributed by atoms with van der Waals surface area (Å²) >= 11 is 0. The molecule has 0 amide bonds. The second kappa shape index (κ2) is 9.11. The van der Waals surface area contributed by atoms with E-state index in [0.29, 0.717) is 0 Å². The average Bonchev–Trinajstić information content (AvgIpc) is 2.89. The Morgan fingerprint density at radius 3 is 1.93 bits per heavy atom. The van der Waals surface area contributed by atoms with Crippen LogP contribution in [-0.2, 0) is 22.2 Å². The molecule has 2 aromatic rings. The first-order valence-electron chi connectivity index (χ1n) is 10.5. The molecule has 2 aromatic carbocycles. The predicted octanol–water partition coefficient (Wildman–Crippen LogP) is 6.27. The second-order valence-electron chi connectivity index (χ2n) is 8.78. The van der Waals surface area contributed by atoms with Gasteiger partial charge in [0, 0.05) is 5.82 Å². The summed E-state index contributed by atoms with van der Waals surface area (Å²) in [6.45, 7) is 8.48. The van der Waals surface area contributed by atoms with E-state index in [1.165, 1.54) is 11.1 Å². The lowest BCUT2D eigenvalue weighted by Crippen LogP contribution is -2.41. The van der Waals surface area contributed by atoms with E-state index in [0.717, 1.165) is 25.7 Å². The van der Waals surface area contributed by atoms with Crippen LogP contribution in [-0.4, -0.2) is 18.3 Å². The Morgan fingerprint density at radius 2 is 1.36 bits per heavy atom. The van der Waals surface area contributed by atoms with E-state index in [2.05, 4.69) is 101 Å². The minimum atomic E-state index is -0.298. The van der Waals surface area contributed by atoms with Crippen molar-refractivity contribution in [1.82, 2.24) is 0 Å². The molecule has 2 nitrogen and oxygen atoms in total. The molecule has 3 rings (SSSR count). The molecule has 28 heavy (non-hydrogen) atoms. The Balaban J connectivity index is 1.63. The smallest absolute Gasteiger partial charge is 0.403 e. The lowest BCUT2D eigenvalue weighted by Gasteiger charge is -2.32. The molecular weight excluding hydrogens is 343 g/mol. The summed E-state index contributed by atoms with van der Waals surface area (Å²) in [4.78, 5) is 0. The van der Waals surface area contributed by atoms with Gasteiger partial charge in [0.1, 0.15) is 0 Å². The molecule has 0 aliphatic carbocycles. The Labute approximate surface area is 171 Å². The van der Waals surface area contributed by atoms with Gasteiger partial charge in [0.05, 0.1) is 11.2 Å². The van der Waals surface area contributed by atoms with E-state index < -0.39 is 0 Å². The first kappa shape index (κ1) is 20.9. The topological polar surface area (TPSA) is 18.5 Å². The molecular formula is C25H33BO2. The number of rotatable bonds is 8. The van der Waals surface area contributed by atoms with Crippen LogP contribution in [0.3, 0.4) is 0 Å². The van der Waals surface area contributed by atoms with Crippen LogP contribution in [0.1, 0.15) is 51.7 Å². The normalized spacial score (nSPS) is 19.2. The third-order valence-corrected chi connectivity index (χ3v) is 6.00. The highest BCUT2D eigenvalue weighted by Gasteiger charge is 2.53. The van der Waals surface area contributed by atoms with Gasteiger partial charge >= 0.3 is 7.12 Å². The van der Waals surface area contributed by atoms with Crippen LogP contribution in [0.4, 0.5) is 0 Å². The summed E-state index contributed by atoms with van der Waals surface area (Å²) < 4.78 is 12.7. The molecule has 0 spiro atoms. The van der Waals surface area contributed by atoms with Crippen molar-refractivity contribution >= 4 is 7.12 Å². The van der Waals surface area contributed by atoms with Gasteiger partial charge in [-0.3, -0.25) is 0 Å². The van der Waals surface area contributed by atoms with Crippen molar-refractivity contribution in [2.45, 2.75) is 70.4 Å². The number of allylic oxidation sites excluding steroid dienone is 2. The Kier molecular flexibility index (Phi) is 6.80. The standard InChI is InChI=1S/C25H33BO2/c1-24(2)25(3,4)28-26(27-24)23(20-22-17-11-6-12-18-22)19-13-7-10-16-21-14-8-5-9-15-21/h5-6,8-9,11-15,17-19,23H,7,10,16,20H2,1-4H3/b19-13+. The highest BCUT2D eigenvalue weighted by atomic mass is 16.7. The third-order valence-electron chi connectivity index (χ3n) is 6.00. The lowest BCUT2D eigenvalue weighted by atomic mass is 9.68. The molecule has 1 fully saturated rings. The van der Waals surface area contributed by atoms with Gasteiger partial charge in [0.2, 0.25) is 0 Å². The van der Waals surface area contributed by atoms with Gasteiger partial charge in [0.15, 0.2) is 0 Å². The summed E-state index contributed by atoms with van der Waals surface area (Å²) in [6, 6.07) is 21.3. The molecule has 0 N–H and O–H groups in total. The maximum Gasteiger partial charge on any atom is 0.465 e. The summed E-state index contributed by atoms with van der Waals surface area (Å²) in [5, 5.41) is 0. The maximum absolute atomic E-state index is 6.35. The van der Waals surface area contributed by atoms with Gasteiger partial charge in [0.25, 0.3) is 0 Å². The molecule has 0 bridgehead atoms. The zero-order valence-electron chi connectivity index (χ0n) is 17.7. The van der Waals surface area contributed by atoms with E-state index in [1.807, 2.05) is 0 Å².